The minimum atomic E-state index is -0.0777. The number of amides is 1. The highest BCUT2D eigenvalue weighted by Crippen LogP contribution is 2.37. The number of nitrogens with two attached hydrogens (primary N) is 1. The number of piperidine rings is 1. The van der Waals surface area contributed by atoms with E-state index >= 15 is 0 Å². The number of hydrogen-bond donors (Lipinski definition) is 2. The third kappa shape index (κ3) is 2.73. The average molecular weight is 314 g/mol. The van der Waals surface area contributed by atoms with Crippen LogP contribution in [0.25, 0.3) is 0 Å². The molecule has 1 aromatic rings. The highest BCUT2D eigenvalue weighted by molar-refractivity contribution is 6.40. The van der Waals surface area contributed by atoms with Crippen LogP contribution in [0.1, 0.15) is 19.3 Å². The van der Waals surface area contributed by atoms with Crippen molar-refractivity contribution in [2.75, 3.05) is 24.1 Å². The molecule has 0 aromatic heterocycles. The van der Waals surface area contributed by atoms with Gasteiger partial charge in [-0.3, -0.25) is 9.69 Å². The largest absolute Gasteiger partial charge is 0.399 e. The van der Waals surface area contributed by atoms with Crippen LogP contribution in [0, 0.1) is 5.92 Å². The Hall–Kier alpha value is -0.970. The number of fused-ring (bicyclic) bond motifs is 2. The van der Waals surface area contributed by atoms with Crippen molar-refractivity contribution in [1.82, 2.24) is 4.90 Å². The van der Waals surface area contributed by atoms with Crippen molar-refractivity contribution in [3.05, 3.63) is 22.2 Å². The highest BCUT2D eigenvalue weighted by atomic mass is 35.5. The zero-order valence-corrected chi connectivity index (χ0v) is 12.5. The van der Waals surface area contributed by atoms with E-state index < -0.39 is 0 Å². The lowest BCUT2D eigenvalue weighted by Gasteiger charge is -2.26. The second-order valence-electron chi connectivity index (χ2n) is 5.67. The van der Waals surface area contributed by atoms with Crippen LogP contribution in [0.5, 0.6) is 0 Å². The number of nitrogens with one attached hydrogen (secondary N) is 1. The van der Waals surface area contributed by atoms with Gasteiger partial charge in [-0.25, -0.2) is 0 Å². The molecule has 0 radical (unpaired) electrons. The van der Waals surface area contributed by atoms with E-state index in [0.29, 0.717) is 34.0 Å². The predicted octanol–water partition coefficient (Wildman–Crippen LogP) is 3.00. The van der Waals surface area contributed by atoms with Gasteiger partial charge < -0.3 is 11.1 Å². The summed E-state index contributed by atoms with van der Waals surface area (Å²) < 4.78 is 0. The number of anilines is 2. The molecular weight excluding hydrogens is 297 g/mol. The van der Waals surface area contributed by atoms with Gasteiger partial charge >= 0.3 is 0 Å². The van der Waals surface area contributed by atoms with Crippen molar-refractivity contribution in [3.63, 3.8) is 0 Å². The van der Waals surface area contributed by atoms with Gasteiger partial charge in [0, 0.05) is 18.3 Å². The summed E-state index contributed by atoms with van der Waals surface area (Å²) >= 11 is 12.1. The first-order valence-corrected chi connectivity index (χ1v) is 7.57. The second-order valence-corrected chi connectivity index (χ2v) is 6.48. The van der Waals surface area contributed by atoms with E-state index in [1.54, 1.807) is 12.1 Å². The first kappa shape index (κ1) is 14.0. The summed E-state index contributed by atoms with van der Waals surface area (Å²) in [4.78, 5) is 14.4. The van der Waals surface area contributed by atoms with Crippen LogP contribution in [0.2, 0.25) is 10.0 Å². The summed E-state index contributed by atoms with van der Waals surface area (Å²) in [6.45, 7) is 1.43. The molecule has 1 saturated carbocycles. The van der Waals surface area contributed by atoms with Gasteiger partial charge in [0.15, 0.2) is 0 Å². The third-order valence-corrected chi connectivity index (χ3v) is 4.79. The van der Waals surface area contributed by atoms with Gasteiger partial charge in [-0.15, -0.1) is 0 Å². The summed E-state index contributed by atoms with van der Waals surface area (Å²) in [5.41, 5.74) is 6.57. The lowest BCUT2D eigenvalue weighted by atomic mass is 10.1. The molecule has 20 heavy (non-hydrogen) atoms. The smallest absolute Gasteiger partial charge is 0.238 e. The van der Waals surface area contributed by atoms with Crippen molar-refractivity contribution < 1.29 is 4.79 Å². The Morgan fingerprint density at radius 1 is 1.35 bits per heavy atom. The molecule has 2 bridgehead atoms. The fourth-order valence-corrected chi connectivity index (χ4v) is 3.89. The zero-order valence-electron chi connectivity index (χ0n) is 11.0. The topological polar surface area (TPSA) is 58.4 Å². The molecule has 1 amide bonds. The molecule has 2 unspecified atom stereocenters. The summed E-state index contributed by atoms with van der Waals surface area (Å²) in [5, 5.41) is 3.53. The van der Waals surface area contributed by atoms with Crippen molar-refractivity contribution >= 4 is 40.5 Å². The van der Waals surface area contributed by atoms with Gasteiger partial charge in [-0.2, -0.15) is 0 Å². The number of benzene rings is 1. The molecule has 4 nitrogen and oxygen atoms in total. The van der Waals surface area contributed by atoms with E-state index in [4.69, 9.17) is 28.9 Å². The maximum absolute atomic E-state index is 12.1. The molecule has 0 spiro atoms. The van der Waals surface area contributed by atoms with E-state index in [9.17, 15) is 4.79 Å². The maximum atomic E-state index is 12.1. The van der Waals surface area contributed by atoms with Crippen LogP contribution in [0.3, 0.4) is 0 Å². The van der Waals surface area contributed by atoms with Crippen LogP contribution in [-0.4, -0.2) is 29.9 Å². The van der Waals surface area contributed by atoms with Crippen molar-refractivity contribution in [3.8, 4) is 0 Å². The summed E-state index contributed by atoms with van der Waals surface area (Å²) in [6, 6.07) is 3.74. The Morgan fingerprint density at radius 2 is 2.05 bits per heavy atom. The number of nitrogens with zero attached hydrogens (tertiary/aromatic N) is 1. The van der Waals surface area contributed by atoms with Gasteiger partial charge in [0.05, 0.1) is 22.3 Å². The van der Waals surface area contributed by atoms with Crippen molar-refractivity contribution in [2.24, 2.45) is 5.92 Å². The first-order valence-electron chi connectivity index (χ1n) is 6.81. The zero-order chi connectivity index (χ0) is 14.3. The Labute approximate surface area is 128 Å². The Morgan fingerprint density at radius 3 is 2.60 bits per heavy atom. The van der Waals surface area contributed by atoms with E-state index in [1.807, 2.05) is 0 Å². The number of hydrogen-bond acceptors (Lipinski definition) is 3. The fraction of sp³-hybridized carbons (Fsp3) is 0.500. The van der Waals surface area contributed by atoms with Crippen LogP contribution in [-0.2, 0) is 4.79 Å². The van der Waals surface area contributed by atoms with Crippen LogP contribution < -0.4 is 11.1 Å². The molecular formula is C14H17Cl2N3O. The summed E-state index contributed by atoms with van der Waals surface area (Å²) in [6.07, 6.45) is 3.75. The normalized spacial score (nSPS) is 25.1. The minimum Gasteiger partial charge on any atom is -0.399 e. The van der Waals surface area contributed by atoms with E-state index in [-0.39, 0.29) is 5.91 Å². The number of carbonyl (C=O) groups is 1. The molecule has 1 aromatic carbocycles. The maximum Gasteiger partial charge on any atom is 0.238 e. The van der Waals surface area contributed by atoms with Gasteiger partial charge in [-0.05, 0) is 37.3 Å². The Kier molecular flexibility index (Phi) is 3.80. The van der Waals surface area contributed by atoms with E-state index in [2.05, 4.69) is 10.2 Å². The molecule has 1 heterocycles. The lowest BCUT2D eigenvalue weighted by molar-refractivity contribution is -0.117. The molecule has 3 rings (SSSR count). The van der Waals surface area contributed by atoms with Crippen molar-refractivity contribution in [2.45, 2.75) is 25.3 Å². The summed E-state index contributed by atoms with van der Waals surface area (Å²) in [7, 11) is 0. The third-order valence-electron chi connectivity index (χ3n) is 4.20. The average Bonchev–Trinajstić information content (AvgIpc) is 2.95. The number of carbonyl (C=O) groups excluding carboxylic acids is 1. The standard InChI is InChI=1S/C14H17Cl2N3O/c15-11-4-9(17)5-12(16)14(11)18-13(20)7-19-6-8-1-2-10(19)3-8/h4-5,8,10H,1-3,6-7,17H2,(H,18,20). The molecule has 108 valence electrons. The van der Waals surface area contributed by atoms with Crippen LogP contribution >= 0.6 is 23.2 Å². The molecule has 2 aliphatic rings. The quantitative estimate of drug-likeness (QED) is 0.843. The second kappa shape index (κ2) is 5.43. The minimum absolute atomic E-state index is 0.0777. The molecule has 2 atom stereocenters. The fourth-order valence-electron chi connectivity index (χ4n) is 3.30. The number of halogens is 2. The number of rotatable bonds is 3. The highest BCUT2D eigenvalue weighted by Gasteiger charge is 2.38. The molecule has 1 saturated heterocycles. The number of likely N-dealkylation sites (tertiary alicyclic amines) is 1. The first-order chi connectivity index (χ1) is 9.52. The van der Waals surface area contributed by atoms with E-state index in [0.717, 1.165) is 12.5 Å². The van der Waals surface area contributed by atoms with Crippen LogP contribution in [0.15, 0.2) is 12.1 Å². The lowest BCUT2D eigenvalue weighted by Crippen LogP contribution is -2.38. The van der Waals surface area contributed by atoms with Gasteiger partial charge in [0.25, 0.3) is 0 Å². The monoisotopic (exact) mass is 313 g/mol. The predicted molar refractivity (Wildman–Crippen MR) is 82.2 cm³/mol. The van der Waals surface area contributed by atoms with Gasteiger partial charge in [0.1, 0.15) is 0 Å². The molecule has 1 aliphatic carbocycles. The van der Waals surface area contributed by atoms with Gasteiger partial charge in [0.2, 0.25) is 5.91 Å². The van der Waals surface area contributed by atoms with Gasteiger partial charge in [-0.1, -0.05) is 23.2 Å². The Balaban J connectivity index is 1.65. The van der Waals surface area contributed by atoms with Crippen LogP contribution in [0.4, 0.5) is 11.4 Å². The summed E-state index contributed by atoms with van der Waals surface area (Å²) in [5.74, 6) is 0.697. The molecule has 3 N–H and O–H groups in total. The SMILES string of the molecule is Nc1cc(Cl)c(NC(=O)CN2CC3CCC2C3)c(Cl)c1. The Bertz CT molecular complexity index is 526. The van der Waals surface area contributed by atoms with Crippen molar-refractivity contribution in [1.29, 1.82) is 0 Å². The molecule has 2 fully saturated rings. The number of nitrogen functional groups attached to an aromatic ring is 1. The molecule has 6 heteroatoms. The van der Waals surface area contributed by atoms with E-state index in [1.165, 1.54) is 19.3 Å². The molecule has 1 aliphatic heterocycles.